The van der Waals surface area contributed by atoms with Crippen molar-refractivity contribution in [1.29, 1.82) is 0 Å². The summed E-state index contributed by atoms with van der Waals surface area (Å²) in [4.78, 5) is 12.4. The van der Waals surface area contributed by atoms with Crippen molar-refractivity contribution >= 4 is 5.91 Å². The van der Waals surface area contributed by atoms with E-state index in [1.54, 1.807) is 31.6 Å². The van der Waals surface area contributed by atoms with E-state index in [-0.39, 0.29) is 11.7 Å². The topological polar surface area (TPSA) is 51.5 Å². The van der Waals surface area contributed by atoms with Gasteiger partial charge in [-0.25, -0.2) is 4.39 Å². The van der Waals surface area contributed by atoms with Crippen LogP contribution in [-0.4, -0.2) is 26.2 Å². The fraction of sp³-hybridized carbons (Fsp3) is 0.353. The molecule has 0 bridgehead atoms. The highest BCUT2D eigenvalue weighted by molar-refractivity contribution is 5.83. The highest BCUT2D eigenvalue weighted by atomic mass is 19.1. The predicted molar refractivity (Wildman–Crippen MR) is 81.1 cm³/mol. The standard InChI is InChI=1S/C17H20FNO3/c1-21-10-3-9-19-17(20)16(12-15-4-2-11-22-15)13-5-7-14(18)8-6-13/h2,4-8,11,16H,3,9-10,12H2,1H3,(H,19,20). The lowest BCUT2D eigenvalue weighted by Gasteiger charge is -2.16. The van der Waals surface area contributed by atoms with E-state index < -0.39 is 5.92 Å². The molecule has 5 heteroatoms. The Bertz CT molecular complexity index is 566. The van der Waals surface area contributed by atoms with E-state index >= 15 is 0 Å². The molecule has 0 saturated heterocycles. The summed E-state index contributed by atoms with van der Waals surface area (Å²) in [7, 11) is 1.63. The van der Waals surface area contributed by atoms with Gasteiger partial charge in [0.2, 0.25) is 5.91 Å². The highest BCUT2D eigenvalue weighted by Gasteiger charge is 2.22. The Morgan fingerprint density at radius 1 is 1.32 bits per heavy atom. The first kappa shape index (κ1) is 16.2. The summed E-state index contributed by atoms with van der Waals surface area (Å²) in [6.07, 6.45) is 2.77. The van der Waals surface area contributed by atoms with Crippen LogP contribution >= 0.6 is 0 Å². The van der Waals surface area contributed by atoms with Gasteiger partial charge in [0.25, 0.3) is 0 Å². The number of benzene rings is 1. The summed E-state index contributed by atoms with van der Waals surface area (Å²) in [5.41, 5.74) is 0.766. The molecule has 22 heavy (non-hydrogen) atoms. The van der Waals surface area contributed by atoms with Crippen LogP contribution in [0.5, 0.6) is 0 Å². The molecule has 1 unspecified atom stereocenters. The lowest BCUT2D eigenvalue weighted by molar-refractivity contribution is -0.122. The molecule has 118 valence electrons. The molecule has 1 N–H and O–H groups in total. The van der Waals surface area contributed by atoms with Crippen molar-refractivity contribution < 1.29 is 18.3 Å². The minimum absolute atomic E-state index is 0.0980. The van der Waals surface area contributed by atoms with Gasteiger partial charge in [-0.15, -0.1) is 0 Å². The van der Waals surface area contributed by atoms with Crippen LogP contribution in [0.15, 0.2) is 47.1 Å². The van der Waals surface area contributed by atoms with Crippen LogP contribution in [0.3, 0.4) is 0 Å². The third kappa shape index (κ3) is 4.70. The van der Waals surface area contributed by atoms with Crippen molar-refractivity contribution in [3.05, 3.63) is 59.8 Å². The number of rotatable bonds is 8. The maximum Gasteiger partial charge on any atom is 0.228 e. The van der Waals surface area contributed by atoms with Crippen LogP contribution in [0, 0.1) is 5.82 Å². The van der Waals surface area contributed by atoms with E-state index in [4.69, 9.17) is 9.15 Å². The third-order valence-electron chi connectivity index (χ3n) is 3.40. The Hall–Kier alpha value is -2.14. The number of carbonyl (C=O) groups is 1. The number of ether oxygens (including phenoxy) is 1. The Kier molecular flexibility index (Phi) is 6.15. The smallest absolute Gasteiger partial charge is 0.228 e. The third-order valence-corrected chi connectivity index (χ3v) is 3.40. The summed E-state index contributed by atoms with van der Waals surface area (Å²) in [5.74, 6) is -0.101. The molecule has 1 aromatic heterocycles. The zero-order valence-corrected chi connectivity index (χ0v) is 12.5. The van der Waals surface area contributed by atoms with Crippen LogP contribution < -0.4 is 5.32 Å². The van der Waals surface area contributed by atoms with Gasteiger partial charge in [0.05, 0.1) is 12.2 Å². The highest BCUT2D eigenvalue weighted by Crippen LogP contribution is 2.22. The number of halogens is 1. The molecular formula is C17H20FNO3. The maximum absolute atomic E-state index is 13.1. The van der Waals surface area contributed by atoms with Crippen molar-refractivity contribution in [3.8, 4) is 0 Å². The number of carbonyl (C=O) groups excluding carboxylic acids is 1. The number of furan rings is 1. The summed E-state index contributed by atoms with van der Waals surface area (Å²) in [6.45, 7) is 1.14. The molecule has 0 aliphatic rings. The summed E-state index contributed by atoms with van der Waals surface area (Å²) in [5, 5.41) is 2.89. The van der Waals surface area contributed by atoms with Gasteiger partial charge in [-0.3, -0.25) is 4.79 Å². The van der Waals surface area contributed by atoms with Gasteiger partial charge in [0.1, 0.15) is 11.6 Å². The normalized spacial score (nSPS) is 12.1. The summed E-state index contributed by atoms with van der Waals surface area (Å²) >= 11 is 0. The number of nitrogens with one attached hydrogen (secondary N) is 1. The van der Waals surface area contributed by atoms with Crippen LogP contribution in [-0.2, 0) is 16.0 Å². The van der Waals surface area contributed by atoms with Gasteiger partial charge < -0.3 is 14.5 Å². The lowest BCUT2D eigenvalue weighted by Crippen LogP contribution is -2.31. The average Bonchev–Trinajstić information content (AvgIpc) is 3.03. The minimum Gasteiger partial charge on any atom is -0.469 e. The molecule has 0 aliphatic carbocycles. The van der Waals surface area contributed by atoms with Gasteiger partial charge in [-0.1, -0.05) is 12.1 Å². The first-order chi connectivity index (χ1) is 10.7. The Labute approximate surface area is 129 Å². The zero-order valence-electron chi connectivity index (χ0n) is 12.5. The molecule has 1 aromatic carbocycles. The Balaban J connectivity index is 2.07. The first-order valence-electron chi connectivity index (χ1n) is 7.25. The van der Waals surface area contributed by atoms with Gasteiger partial charge in [-0.2, -0.15) is 0 Å². The molecule has 1 atom stereocenters. The molecule has 2 aromatic rings. The molecular weight excluding hydrogens is 285 g/mol. The van der Waals surface area contributed by atoms with Crippen molar-refractivity contribution in [2.75, 3.05) is 20.3 Å². The molecule has 4 nitrogen and oxygen atoms in total. The van der Waals surface area contributed by atoms with Crippen molar-refractivity contribution in [2.24, 2.45) is 0 Å². The minimum atomic E-state index is -0.408. The molecule has 0 radical (unpaired) electrons. The molecule has 0 spiro atoms. The van der Waals surface area contributed by atoms with Gasteiger partial charge in [-0.05, 0) is 36.2 Å². The second-order valence-corrected chi connectivity index (χ2v) is 5.03. The van der Waals surface area contributed by atoms with Crippen molar-refractivity contribution in [3.63, 3.8) is 0 Å². The largest absolute Gasteiger partial charge is 0.469 e. The zero-order chi connectivity index (χ0) is 15.8. The van der Waals surface area contributed by atoms with E-state index in [2.05, 4.69) is 5.32 Å². The quantitative estimate of drug-likeness (QED) is 0.763. The SMILES string of the molecule is COCCCNC(=O)C(Cc1ccco1)c1ccc(F)cc1. The van der Waals surface area contributed by atoms with Gasteiger partial charge in [0.15, 0.2) is 0 Å². The maximum atomic E-state index is 13.1. The molecule has 2 rings (SSSR count). The second kappa shape index (κ2) is 8.34. The number of hydrogen-bond acceptors (Lipinski definition) is 3. The molecule has 0 aliphatic heterocycles. The molecule has 0 fully saturated rings. The van der Waals surface area contributed by atoms with Gasteiger partial charge in [0, 0.05) is 26.7 Å². The number of amides is 1. The van der Waals surface area contributed by atoms with Crippen LogP contribution in [0.25, 0.3) is 0 Å². The lowest BCUT2D eigenvalue weighted by atomic mass is 9.93. The molecule has 0 saturated carbocycles. The predicted octanol–water partition coefficient (Wildman–Crippen LogP) is 2.90. The monoisotopic (exact) mass is 305 g/mol. The molecule has 1 heterocycles. The molecule has 1 amide bonds. The van der Waals surface area contributed by atoms with E-state index in [1.165, 1.54) is 12.1 Å². The van der Waals surface area contributed by atoms with Crippen molar-refractivity contribution in [2.45, 2.75) is 18.8 Å². The summed E-state index contributed by atoms with van der Waals surface area (Å²) < 4.78 is 23.4. The second-order valence-electron chi connectivity index (χ2n) is 5.03. The van der Waals surface area contributed by atoms with Crippen molar-refractivity contribution in [1.82, 2.24) is 5.32 Å². The average molecular weight is 305 g/mol. The van der Waals surface area contributed by atoms with E-state index in [0.29, 0.717) is 19.6 Å². The van der Waals surface area contributed by atoms with Crippen LogP contribution in [0.4, 0.5) is 4.39 Å². The first-order valence-corrected chi connectivity index (χ1v) is 7.25. The fourth-order valence-electron chi connectivity index (χ4n) is 2.24. The number of methoxy groups -OCH3 is 1. The Morgan fingerprint density at radius 2 is 2.09 bits per heavy atom. The van der Waals surface area contributed by atoms with E-state index in [0.717, 1.165) is 17.7 Å². The Morgan fingerprint density at radius 3 is 2.73 bits per heavy atom. The summed E-state index contributed by atoms with van der Waals surface area (Å²) in [6, 6.07) is 9.61. The van der Waals surface area contributed by atoms with Gasteiger partial charge >= 0.3 is 0 Å². The fourth-order valence-corrected chi connectivity index (χ4v) is 2.24. The van der Waals surface area contributed by atoms with Crippen LogP contribution in [0.2, 0.25) is 0 Å². The number of hydrogen-bond donors (Lipinski definition) is 1. The van der Waals surface area contributed by atoms with E-state index in [9.17, 15) is 9.18 Å². The van der Waals surface area contributed by atoms with E-state index in [1.807, 2.05) is 6.07 Å². The van der Waals surface area contributed by atoms with Crippen LogP contribution in [0.1, 0.15) is 23.7 Å².